The molecule has 5 heteroatoms. The predicted octanol–water partition coefficient (Wildman–Crippen LogP) is 3.94. The molecular weight excluding hydrogens is 381 g/mol. The maximum atomic E-state index is 12.0. The number of nitrogens with one attached hydrogen (secondary N) is 1. The van der Waals surface area contributed by atoms with Crippen molar-refractivity contribution in [3.8, 4) is 0 Å². The van der Waals surface area contributed by atoms with Crippen LogP contribution in [0.5, 0.6) is 0 Å². The molecule has 0 atom stereocenters. The minimum Gasteiger partial charge on any atom is -0.349 e. The Morgan fingerprint density at radius 2 is 2.06 bits per heavy atom. The van der Waals surface area contributed by atoms with E-state index in [9.17, 15) is 4.79 Å². The first-order valence-electron chi connectivity index (χ1n) is 5.72. The van der Waals surface area contributed by atoms with Gasteiger partial charge in [0.05, 0.1) is 12.0 Å². The molecule has 0 aliphatic heterocycles. The normalized spacial score (nSPS) is 11.3. The van der Waals surface area contributed by atoms with Crippen LogP contribution in [0.3, 0.4) is 0 Å². The van der Waals surface area contributed by atoms with E-state index in [-0.39, 0.29) is 11.4 Å². The van der Waals surface area contributed by atoms with E-state index in [4.69, 9.17) is 11.6 Å². The van der Waals surface area contributed by atoms with Crippen LogP contribution in [0.4, 0.5) is 0 Å². The first kappa shape index (κ1) is 16.0. The highest BCUT2D eigenvalue weighted by molar-refractivity contribution is 9.09. The Morgan fingerprint density at radius 1 is 1.39 bits per heavy atom. The standard InChI is InChI=1S/C13H16Br2ClNO/c1-2-13(8-14,9-15)17-12(18)7-10-4-3-5-11(16)6-10/h3-6H,2,7-9H2,1H3,(H,17,18). The quantitative estimate of drug-likeness (QED) is 0.724. The van der Waals surface area contributed by atoms with Crippen LogP contribution in [0.1, 0.15) is 18.9 Å². The highest BCUT2D eigenvalue weighted by Crippen LogP contribution is 2.17. The number of hydrogen-bond acceptors (Lipinski definition) is 1. The van der Waals surface area contributed by atoms with Gasteiger partial charge in [-0.2, -0.15) is 0 Å². The van der Waals surface area contributed by atoms with Crippen molar-refractivity contribution >= 4 is 49.4 Å². The van der Waals surface area contributed by atoms with E-state index in [0.717, 1.165) is 22.6 Å². The zero-order chi connectivity index (χ0) is 13.6. The lowest BCUT2D eigenvalue weighted by atomic mass is 10.0. The Labute approximate surface area is 130 Å². The van der Waals surface area contributed by atoms with Crippen LogP contribution in [0.15, 0.2) is 24.3 Å². The number of carbonyl (C=O) groups is 1. The number of benzene rings is 1. The van der Waals surface area contributed by atoms with Crippen molar-refractivity contribution in [1.82, 2.24) is 5.32 Å². The number of carbonyl (C=O) groups excluding carboxylic acids is 1. The Balaban J connectivity index is 2.66. The fourth-order valence-electron chi connectivity index (χ4n) is 1.55. The summed E-state index contributed by atoms with van der Waals surface area (Å²) in [6, 6.07) is 7.38. The van der Waals surface area contributed by atoms with Gasteiger partial charge in [0.25, 0.3) is 0 Å². The van der Waals surface area contributed by atoms with Crippen molar-refractivity contribution in [2.45, 2.75) is 25.3 Å². The molecule has 0 aliphatic rings. The van der Waals surface area contributed by atoms with Crippen molar-refractivity contribution in [3.63, 3.8) is 0 Å². The molecule has 0 radical (unpaired) electrons. The van der Waals surface area contributed by atoms with Gasteiger partial charge in [-0.3, -0.25) is 4.79 Å². The first-order valence-corrected chi connectivity index (χ1v) is 8.34. The third kappa shape index (κ3) is 4.56. The topological polar surface area (TPSA) is 29.1 Å². The van der Waals surface area contributed by atoms with Crippen molar-refractivity contribution in [2.24, 2.45) is 0 Å². The lowest BCUT2D eigenvalue weighted by Crippen LogP contribution is -2.51. The van der Waals surface area contributed by atoms with Gasteiger partial charge in [-0.15, -0.1) is 0 Å². The largest absolute Gasteiger partial charge is 0.349 e. The number of hydrogen-bond donors (Lipinski definition) is 1. The summed E-state index contributed by atoms with van der Waals surface area (Å²) in [6.45, 7) is 2.06. The Hall–Kier alpha value is -0.0600. The molecule has 1 rings (SSSR count). The molecule has 0 spiro atoms. The minimum atomic E-state index is -0.227. The van der Waals surface area contributed by atoms with Crippen LogP contribution in [0, 0.1) is 0 Å². The summed E-state index contributed by atoms with van der Waals surface area (Å²) in [4.78, 5) is 12.0. The predicted molar refractivity (Wildman–Crippen MR) is 83.9 cm³/mol. The summed E-state index contributed by atoms with van der Waals surface area (Å²) in [6.07, 6.45) is 1.22. The van der Waals surface area contributed by atoms with Gasteiger partial charge in [-0.05, 0) is 24.1 Å². The fourth-order valence-corrected chi connectivity index (χ4v) is 3.77. The van der Waals surface area contributed by atoms with E-state index >= 15 is 0 Å². The number of alkyl halides is 2. The lowest BCUT2D eigenvalue weighted by Gasteiger charge is -2.30. The van der Waals surface area contributed by atoms with E-state index < -0.39 is 0 Å². The van der Waals surface area contributed by atoms with Crippen molar-refractivity contribution < 1.29 is 4.79 Å². The summed E-state index contributed by atoms with van der Waals surface area (Å²) in [5.74, 6) is 0.0121. The number of rotatable bonds is 6. The van der Waals surface area contributed by atoms with Crippen LogP contribution in [-0.4, -0.2) is 22.1 Å². The Morgan fingerprint density at radius 3 is 2.56 bits per heavy atom. The summed E-state index contributed by atoms with van der Waals surface area (Å²) in [5.41, 5.74) is 0.699. The number of amides is 1. The minimum absolute atomic E-state index is 0.0121. The molecule has 0 heterocycles. The van der Waals surface area contributed by atoms with Gasteiger partial charge >= 0.3 is 0 Å². The Kier molecular flexibility index (Phi) is 6.67. The smallest absolute Gasteiger partial charge is 0.224 e. The average Bonchev–Trinajstić information content (AvgIpc) is 2.36. The molecule has 18 heavy (non-hydrogen) atoms. The average molecular weight is 398 g/mol. The van der Waals surface area contributed by atoms with E-state index in [1.54, 1.807) is 6.07 Å². The molecular formula is C13H16Br2ClNO. The summed E-state index contributed by atoms with van der Waals surface area (Å²) >= 11 is 12.8. The van der Waals surface area contributed by atoms with Crippen LogP contribution >= 0.6 is 43.5 Å². The third-order valence-electron chi connectivity index (χ3n) is 2.85. The lowest BCUT2D eigenvalue weighted by molar-refractivity contribution is -0.121. The van der Waals surface area contributed by atoms with E-state index in [2.05, 4.69) is 44.1 Å². The molecule has 0 saturated carbocycles. The second kappa shape index (κ2) is 7.51. The molecule has 0 fully saturated rings. The molecule has 0 aromatic heterocycles. The summed E-state index contributed by atoms with van der Waals surface area (Å²) in [5, 5.41) is 5.18. The number of halogens is 3. The van der Waals surface area contributed by atoms with Crippen molar-refractivity contribution in [3.05, 3.63) is 34.9 Å². The summed E-state index contributed by atoms with van der Waals surface area (Å²) < 4.78 is 0. The Bertz CT molecular complexity index is 399. The molecule has 100 valence electrons. The molecule has 2 nitrogen and oxygen atoms in total. The molecule has 0 unspecified atom stereocenters. The van der Waals surface area contributed by atoms with Crippen LogP contribution in [-0.2, 0) is 11.2 Å². The molecule has 1 amide bonds. The van der Waals surface area contributed by atoms with Crippen molar-refractivity contribution in [1.29, 1.82) is 0 Å². The van der Waals surface area contributed by atoms with E-state index in [1.165, 1.54) is 0 Å². The molecule has 1 N–H and O–H groups in total. The molecule has 1 aromatic carbocycles. The van der Waals surface area contributed by atoms with Gasteiger partial charge in [0.15, 0.2) is 0 Å². The third-order valence-corrected chi connectivity index (χ3v) is 5.23. The van der Waals surface area contributed by atoms with Gasteiger partial charge in [0, 0.05) is 15.7 Å². The van der Waals surface area contributed by atoms with Gasteiger partial charge in [-0.1, -0.05) is 62.5 Å². The van der Waals surface area contributed by atoms with Crippen molar-refractivity contribution in [2.75, 3.05) is 10.7 Å². The maximum absolute atomic E-state index is 12.0. The van der Waals surface area contributed by atoms with E-state index in [1.807, 2.05) is 18.2 Å². The van der Waals surface area contributed by atoms with Gasteiger partial charge in [0.2, 0.25) is 5.91 Å². The van der Waals surface area contributed by atoms with Crippen LogP contribution in [0.25, 0.3) is 0 Å². The van der Waals surface area contributed by atoms with Gasteiger partial charge in [-0.25, -0.2) is 0 Å². The zero-order valence-electron chi connectivity index (χ0n) is 10.2. The second-order valence-electron chi connectivity index (χ2n) is 4.26. The van der Waals surface area contributed by atoms with Gasteiger partial charge in [0.1, 0.15) is 0 Å². The molecule has 1 aromatic rings. The monoisotopic (exact) mass is 395 g/mol. The second-order valence-corrected chi connectivity index (χ2v) is 5.81. The van der Waals surface area contributed by atoms with E-state index in [0.29, 0.717) is 11.4 Å². The van der Waals surface area contributed by atoms with Crippen LogP contribution < -0.4 is 5.32 Å². The maximum Gasteiger partial charge on any atom is 0.224 e. The highest BCUT2D eigenvalue weighted by Gasteiger charge is 2.27. The summed E-state index contributed by atoms with van der Waals surface area (Å²) in [7, 11) is 0. The fraction of sp³-hybridized carbons (Fsp3) is 0.462. The first-order chi connectivity index (χ1) is 8.55. The zero-order valence-corrected chi connectivity index (χ0v) is 14.1. The molecule has 0 saturated heterocycles. The SMILES string of the molecule is CCC(CBr)(CBr)NC(=O)Cc1cccc(Cl)c1. The molecule has 0 aliphatic carbocycles. The molecule has 0 bridgehead atoms. The van der Waals surface area contributed by atoms with Crippen LogP contribution in [0.2, 0.25) is 5.02 Å². The van der Waals surface area contributed by atoms with Gasteiger partial charge < -0.3 is 5.32 Å². The highest BCUT2D eigenvalue weighted by atomic mass is 79.9.